The van der Waals surface area contributed by atoms with Gasteiger partial charge in [0.1, 0.15) is 23.1 Å². The van der Waals surface area contributed by atoms with E-state index in [-0.39, 0.29) is 28.3 Å². The van der Waals surface area contributed by atoms with Gasteiger partial charge in [0.25, 0.3) is 5.91 Å². The number of rotatable bonds is 10. The Morgan fingerprint density at radius 3 is 2.35 bits per heavy atom. The van der Waals surface area contributed by atoms with Gasteiger partial charge in [0, 0.05) is 31.8 Å². The molecule has 1 heterocycles. The number of nitrogens with one attached hydrogen (secondary N) is 1. The van der Waals surface area contributed by atoms with Gasteiger partial charge in [-0.1, -0.05) is 23.2 Å². The summed E-state index contributed by atoms with van der Waals surface area (Å²) in [5.74, 6) is -0.244. The molecule has 5 nitrogen and oxygen atoms in total. The Morgan fingerprint density at radius 1 is 1.06 bits per heavy atom. The van der Waals surface area contributed by atoms with Crippen molar-refractivity contribution in [2.24, 2.45) is 5.92 Å². The Morgan fingerprint density at radius 2 is 1.71 bits per heavy atom. The van der Waals surface area contributed by atoms with E-state index in [1.54, 1.807) is 6.07 Å². The van der Waals surface area contributed by atoms with Gasteiger partial charge in [-0.05, 0) is 49.6 Å². The van der Waals surface area contributed by atoms with E-state index in [9.17, 15) is 13.6 Å². The highest BCUT2D eigenvalue weighted by Crippen LogP contribution is 2.21. The van der Waals surface area contributed by atoms with Gasteiger partial charge >= 0.3 is 0 Å². The highest BCUT2D eigenvalue weighted by Gasteiger charge is 2.22. The van der Waals surface area contributed by atoms with Gasteiger partial charge < -0.3 is 19.7 Å². The molecule has 9 heteroatoms. The molecule has 0 aliphatic carbocycles. The molecule has 0 saturated carbocycles. The molecule has 168 valence electrons. The lowest BCUT2D eigenvalue weighted by molar-refractivity contribution is -0.123. The third-order valence-corrected chi connectivity index (χ3v) is 5.61. The number of halogens is 4. The predicted octanol–water partition coefficient (Wildman–Crippen LogP) is 4.56. The van der Waals surface area contributed by atoms with E-state index in [4.69, 9.17) is 32.7 Å². The monoisotopic (exact) mass is 472 g/mol. The summed E-state index contributed by atoms with van der Waals surface area (Å²) in [5, 5.41) is 2.94. The molecule has 1 amide bonds. The van der Waals surface area contributed by atoms with Crippen molar-refractivity contribution in [3.63, 3.8) is 0 Å². The highest BCUT2D eigenvalue weighted by molar-refractivity contribution is 6.31. The van der Waals surface area contributed by atoms with Crippen LogP contribution in [0.15, 0.2) is 36.4 Å². The maximum Gasteiger partial charge on any atom is 0.257 e. The molecule has 0 radical (unpaired) electrons. The molecule has 3 rings (SSSR count). The molecule has 1 fully saturated rings. The molecule has 2 aromatic carbocycles. The first kappa shape index (κ1) is 23.6. The van der Waals surface area contributed by atoms with Crippen LogP contribution < -0.4 is 14.8 Å². The van der Waals surface area contributed by atoms with Crippen LogP contribution in [0.5, 0.6) is 11.5 Å². The first-order valence-corrected chi connectivity index (χ1v) is 10.8. The average molecular weight is 473 g/mol. The number of carbonyl (C=O) groups excluding carboxylic acids is 1. The number of hydrogen-bond donors (Lipinski definition) is 1. The zero-order chi connectivity index (χ0) is 22.2. The number of amides is 1. The Balaban J connectivity index is 1.27. The number of hydrogen-bond acceptors (Lipinski definition) is 4. The van der Waals surface area contributed by atoms with E-state index in [0.717, 1.165) is 38.5 Å². The van der Waals surface area contributed by atoms with Crippen LogP contribution in [0.2, 0.25) is 10.0 Å². The van der Waals surface area contributed by atoms with Crippen molar-refractivity contribution < 1.29 is 23.0 Å². The number of ether oxygens (including phenoxy) is 2. The molecular formula is C22H24Cl2F2N2O3. The normalized spacial score (nSPS) is 16.3. The van der Waals surface area contributed by atoms with Crippen molar-refractivity contribution in [2.45, 2.75) is 12.8 Å². The SMILES string of the molecule is O=C(COc1ccc(Cl)c(F)c1)NCC1CCN(CCCOc2ccc(Cl)c(F)c2)C1. The van der Waals surface area contributed by atoms with Crippen molar-refractivity contribution >= 4 is 29.1 Å². The van der Waals surface area contributed by atoms with E-state index >= 15 is 0 Å². The summed E-state index contributed by atoms with van der Waals surface area (Å²) in [7, 11) is 0. The second kappa shape index (κ2) is 11.5. The van der Waals surface area contributed by atoms with Crippen molar-refractivity contribution in [3.8, 4) is 11.5 Å². The first-order chi connectivity index (χ1) is 14.9. The quantitative estimate of drug-likeness (QED) is 0.515. The van der Waals surface area contributed by atoms with Crippen molar-refractivity contribution in [1.82, 2.24) is 10.2 Å². The molecule has 1 atom stereocenters. The number of carbonyl (C=O) groups is 1. The van der Waals surface area contributed by atoms with Crippen LogP contribution >= 0.6 is 23.2 Å². The largest absolute Gasteiger partial charge is 0.493 e. The Hall–Kier alpha value is -2.09. The highest BCUT2D eigenvalue weighted by atomic mass is 35.5. The Kier molecular flexibility index (Phi) is 8.75. The summed E-state index contributed by atoms with van der Waals surface area (Å²) in [4.78, 5) is 14.3. The zero-order valence-electron chi connectivity index (χ0n) is 16.9. The lowest BCUT2D eigenvalue weighted by atomic mass is 10.1. The smallest absolute Gasteiger partial charge is 0.257 e. The minimum absolute atomic E-state index is 0.00743. The van der Waals surface area contributed by atoms with Crippen LogP contribution in [0, 0.1) is 17.6 Å². The summed E-state index contributed by atoms with van der Waals surface area (Å²) in [6.07, 6.45) is 1.81. The summed E-state index contributed by atoms with van der Waals surface area (Å²) < 4.78 is 37.6. The van der Waals surface area contributed by atoms with Gasteiger partial charge in [-0.2, -0.15) is 0 Å². The molecule has 31 heavy (non-hydrogen) atoms. The fourth-order valence-electron chi connectivity index (χ4n) is 3.35. The summed E-state index contributed by atoms with van der Waals surface area (Å²) in [5.41, 5.74) is 0. The minimum atomic E-state index is -0.587. The average Bonchev–Trinajstić information content (AvgIpc) is 3.21. The number of benzene rings is 2. The van der Waals surface area contributed by atoms with Gasteiger partial charge in [-0.25, -0.2) is 8.78 Å². The maximum atomic E-state index is 13.4. The van der Waals surface area contributed by atoms with Crippen molar-refractivity contribution in [2.75, 3.05) is 39.4 Å². The Bertz CT molecular complexity index is 901. The van der Waals surface area contributed by atoms with E-state index in [1.165, 1.54) is 24.3 Å². The molecule has 1 aliphatic heterocycles. The van der Waals surface area contributed by atoms with Crippen LogP contribution in [0.3, 0.4) is 0 Å². The molecule has 1 aliphatic rings. The number of likely N-dealkylation sites (tertiary alicyclic amines) is 1. The van der Waals surface area contributed by atoms with Crippen molar-refractivity contribution in [1.29, 1.82) is 0 Å². The van der Waals surface area contributed by atoms with Gasteiger partial charge in [-0.15, -0.1) is 0 Å². The molecule has 1 saturated heterocycles. The molecule has 1 N–H and O–H groups in total. The molecule has 0 aromatic heterocycles. The van der Waals surface area contributed by atoms with Crippen molar-refractivity contribution in [3.05, 3.63) is 58.1 Å². The standard InChI is InChI=1S/C22H24Cl2F2N2O3/c23-18-4-2-16(10-20(18)25)30-9-1-7-28-8-6-15(13-28)12-27-22(29)14-31-17-3-5-19(24)21(26)11-17/h2-5,10-11,15H,1,6-9,12-14H2,(H,27,29). The number of nitrogens with zero attached hydrogens (tertiary/aromatic N) is 1. The second-order valence-corrected chi connectivity index (χ2v) is 8.22. The van der Waals surface area contributed by atoms with Crippen LogP contribution in [-0.2, 0) is 4.79 Å². The van der Waals surface area contributed by atoms with E-state index < -0.39 is 11.6 Å². The summed E-state index contributed by atoms with van der Waals surface area (Å²) in [6.45, 7) is 3.58. The molecule has 0 bridgehead atoms. The van der Waals surface area contributed by atoms with Gasteiger partial charge in [0.05, 0.1) is 16.7 Å². The second-order valence-electron chi connectivity index (χ2n) is 7.40. The van der Waals surface area contributed by atoms with E-state index in [2.05, 4.69) is 10.2 Å². The van der Waals surface area contributed by atoms with Crippen LogP contribution in [0.25, 0.3) is 0 Å². The lowest BCUT2D eigenvalue weighted by Gasteiger charge is -2.16. The minimum Gasteiger partial charge on any atom is -0.493 e. The van der Waals surface area contributed by atoms with E-state index in [0.29, 0.717) is 24.8 Å². The fourth-order valence-corrected chi connectivity index (χ4v) is 3.59. The van der Waals surface area contributed by atoms with E-state index in [1.807, 2.05) is 0 Å². The molecular weight excluding hydrogens is 449 g/mol. The summed E-state index contributed by atoms with van der Waals surface area (Å²) in [6, 6.07) is 8.45. The van der Waals surface area contributed by atoms with Gasteiger partial charge in [0.15, 0.2) is 6.61 Å². The lowest BCUT2D eigenvalue weighted by Crippen LogP contribution is -2.34. The van der Waals surface area contributed by atoms with Gasteiger partial charge in [-0.3, -0.25) is 4.79 Å². The fraction of sp³-hybridized carbons (Fsp3) is 0.409. The maximum absolute atomic E-state index is 13.4. The zero-order valence-corrected chi connectivity index (χ0v) is 18.4. The summed E-state index contributed by atoms with van der Waals surface area (Å²) >= 11 is 11.3. The Labute approximate surface area is 190 Å². The first-order valence-electron chi connectivity index (χ1n) is 10.1. The van der Waals surface area contributed by atoms with Crippen LogP contribution in [0.4, 0.5) is 8.78 Å². The topological polar surface area (TPSA) is 50.8 Å². The third kappa shape index (κ3) is 7.52. The van der Waals surface area contributed by atoms with Gasteiger partial charge in [0.2, 0.25) is 0 Å². The van der Waals surface area contributed by atoms with Crippen LogP contribution in [0.1, 0.15) is 12.8 Å². The third-order valence-electron chi connectivity index (χ3n) is 5.00. The molecule has 0 spiro atoms. The predicted molar refractivity (Wildman–Crippen MR) is 116 cm³/mol. The molecule has 1 unspecified atom stereocenters. The van der Waals surface area contributed by atoms with Crippen LogP contribution in [-0.4, -0.2) is 50.2 Å². The molecule has 2 aromatic rings.